The van der Waals surface area contributed by atoms with Crippen molar-refractivity contribution in [2.75, 3.05) is 13.7 Å². The Balaban J connectivity index is 1.54. The standard InChI is InChI=1S/C21H23NO3/c1-24-17-10-6-5-9-16(17)20(23)22-14-21(15-7-3-2-4-8-15)12-11-18-19(13-21)25-18/h2-10,18-19H,11-14H2,1H3,(H,22,23)/t18-,19-,21?/m1/s1. The van der Waals surface area contributed by atoms with E-state index in [9.17, 15) is 4.79 Å². The fourth-order valence-corrected chi connectivity index (χ4v) is 4.01. The molecule has 1 saturated heterocycles. The third-order valence-corrected chi connectivity index (χ3v) is 5.51. The first-order valence-corrected chi connectivity index (χ1v) is 8.84. The minimum Gasteiger partial charge on any atom is -0.496 e. The minimum absolute atomic E-state index is 0.0589. The van der Waals surface area contributed by atoms with Gasteiger partial charge in [0.1, 0.15) is 5.75 Å². The quantitative estimate of drug-likeness (QED) is 0.852. The molecule has 0 spiro atoms. The summed E-state index contributed by atoms with van der Waals surface area (Å²) in [6, 6.07) is 17.8. The van der Waals surface area contributed by atoms with Gasteiger partial charge in [0.25, 0.3) is 5.91 Å². The summed E-state index contributed by atoms with van der Waals surface area (Å²) in [5.41, 5.74) is 1.80. The van der Waals surface area contributed by atoms with E-state index in [4.69, 9.17) is 9.47 Å². The van der Waals surface area contributed by atoms with Crippen LogP contribution in [-0.2, 0) is 10.2 Å². The Kier molecular flexibility index (Phi) is 4.22. The molecule has 4 nitrogen and oxygen atoms in total. The first-order chi connectivity index (χ1) is 12.2. The summed E-state index contributed by atoms with van der Waals surface area (Å²) in [6.45, 7) is 0.612. The SMILES string of the molecule is COc1ccccc1C(=O)NCC1(c2ccccc2)CC[C@H]2O[C@@H]2C1. The normalized spacial score (nSPS) is 27.2. The van der Waals surface area contributed by atoms with Crippen molar-refractivity contribution in [1.29, 1.82) is 0 Å². The molecule has 1 saturated carbocycles. The maximum Gasteiger partial charge on any atom is 0.255 e. The average molecular weight is 337 g/mol. The van der Waals surface area contributed by atoms with Crippen LogP contribution in [0.25, 0.3) is 0 Å². The summed E-state index contributed by atoms with van der Waals surface area (Å²) in [6.07, 6.45) is 3.83. The Morgan fingerprint density at radius 2 is 1.92 bits per heavy atom. The molecule has 4 heteroatoms. The van der Waals surface area contributed by atoms with Gasteiger partial charge in [0.2, 0.25) is 0 Å². The predicted molar refractivity (Wildman–Crippen MR) is 96.0 cm³/mol. The van der Waals surface area contributed by atoms with Crippen molar-refractivity contribution in [3.05, 3.63) is 65.7 Å². The molecule has 1 N–H and O–H groups in total. The Morgan fingerprint density at radius 1 is 1.16 bits per heavy atom. The molecule has 1 aliphatic heterocycles. The van der Waals surface area contributed by atoms with Gasteiger partial charge in [-0.25, -0.2) is 0 Å². The highest BCUT2D eigenvalue weighted by Crippen LogP contribution is 2.47. The minimum atomic E-state index is -0.0911. The number of hydrogen-bond acceptors (Lipinski definition) is 3. The highest BCUT2D eigenvalue weighted by atomic mass is 16.6. The van der Waals surface area contributed by atoms with Gasteiger partial charge in [-0.05, 0) is 37.0 Å². The lowest BCUT2D eigenvalue weighted by molar-refractivity contribution is 0.0935. The van der Waals surface area contributed by atoms with Crippen molar-refractivity contribution in [2.45, 2.75) is 36.9 Å². The van der Waals surface area contributed by atoms with Crippen LogP contribution in [-0.4, -0.2) is 31.8 Å². The van der Waals surface area contributed by atoms with Gasteiger partial charge in [-0.3, -0.25) is 4.79 Å². The maximum atomic E-state index is 12.7. The first-order valence-electron chi connectivity index (χ1n) is 8.84. The number of amides is 1. The zero-order valence-corrected chi connectivity index (χ0v) is 14.4. The molecular weight excluding hydrogens is 314 g/mol. The topological polar surface area (TPSA) is 50.9 Å². The fraction of sp³-hybridized carbons (Fsp3) is 0.381. The van der Waals surface area contributed by atoms with Gasteiger partial charge in [-0.15, -0.1) is 0 Å². The molecular formula is C21H23NO3. The third-order valence-electron chi connectivity index (χ3n) is 5.51. The highest BCUT2D eigenvalue weighted by molar-refractivity contribution is 5.96. The van der Waals surface area contributed by atoms with Crippen LogP contribution < -0.4 is 10.1 Å². The molecule has 1 unspecified atom stereocenters. The lowest BCUT2D eigenvalue weighted by atomic mass is 9.69. The van der Waals surface area contributed by atoms with Crippen LogP contribution in [0.1, 0.15) is 35.2 Å². The van der Waals surface area contributed by atoms with Crippen LogP contribution in [0.2, 0.25) is 0 Å². The van der Waals surface area contributed by atoms with Gasteiger partial charge >= 0.3 is 0 Å². The molecule has 0 radical (unpaired) electrons. The van der Waals surface area contributed by atoms with E-state index in [1.165, 1.54) is 5.56 Å². The lowest BCUT2D eigenvalue weighted by Gasteiger charge is -2.36. The Bertz CT molecular complexity index is 761. The number of benzene rings is 2. The summed E-state index contributed by atoms with van der Waals surface area (Å²) in [5, 5.41) is 3.15. The number of hydrogen-bond donors (Lipinski definition) is 1. The van der Waals surface area contributed by atoms with Crippen molar-refractivity contribution in [3.63, 3.8) is 0 Å². The highest BCUT2D eigenvalue weighted by Gasteiger charge is 2.51. The van der Waals surface area contributed by atoms with Gasteiger partial charge in [-0.1, -0.05) is 42.5 Å². The van der Waals surface area contributed by atoms with E-state index in [1.54, 1.807) is 13.2 Å². The number of ether oxygens (including phenoxy) is 2. The average Bonchev–Trinajstić information content (AvgIpc) is 3.45. The van der Waals surface area contributed by atoms with Crippen LogP contribution in [0.15, 0.2) is 54.6 Å². The van der Waals surface area contributed by atoms with Crippen molar-refractivity contribution < 1.29 is 14.3 Å². The zero-order chi connectivity index (χ0) is 17.3. The summed E-state index contributed by atoms with van der Waals surface area (Å²) in [7, 11) is 1.59. The second kappa shape index (κ2) is 6.52. The molecule has 4 rings (SSSR count). The Labute approximate surface area is 148 Å². The molecule has 130 valence electrons. The van der Waals surface area contributed by atoms with Crippen molar-refractivity contribution in [2.24, 2.45) is 0 Å². The summed E-state index contributed by atoms with van der Waals surface area (Å²) >= 11 is 0. The smallest absolute Gasteiger partial charge is 0.255 e. The maximum absolute atomic E-state index is 12.7. The molecule has 0 aromatic heterocycles. The van der Waals surface area contributed by atoms with Crippen LogP contribution in [0.4, 0.5) is 0 Å². The summed E-state index contributed by atoms with van der Waals surface area (Å²) in [5.74, 6) is 0.509. The number of methoxy groups -OCH3 is 1. The molecule has 1 amide bonds. The number of para-hydroxylation sites is 1. The van der Waals surface area contributed by atoms with E-state index in [2.05, 4.69) is 29.6 Å². The van der Waals surface area contributed by atoms with Crippen LogP contribution >= 0.6 is 0 Å². The van der Waals surface area contributed by atoms with Gasteiger partial charge < -0.3 is 14.8 Å². The van der Waals surface area contributed by atoms with E-state index in [0.717, 1.165) is 19.3 Å². The van der Waals surface area contributed by atoms with Crippen molar-refractivity contribution in [3.8, 4) is 5.75 Å². The summed E-state index contributed by atoms with van der Waals surface area (Å²) in [4.78, 5) is 12.7. The van der Waals surface area contributed by atoms with Gasteiger partial charge in [-0.2, -0.15) is 0 Å². The van der Waals surface area contributed by atoms with E-state index in [0.29, 0.717) is 30.1 Å². The van der Waals surface area contributed by atoms with Crippen LogP contribution in [0, 0.1) is 0 Å². The second-order valence-electron chi connectivity index (χ2n) is 6.99. The molecule has 2 fully saturated rings. The van der Waals surface area contributed by atoms with E-state index in [-0.39, 0.29) is 11.3 Å². The van der Waals surface area contributed by atoms with Crippen LogP contribution in [0.5, 0.6) is 5.75 Å². The predicted octanol–water partition coefficient (Wildman–Crippen LogP) is 3.31. The lowest BCUT2D eigenvalue weighted by Crippen LogP contribution is -2.44. The molecule has 0 bridgehead atoms. The van der Waals surface area contributed by atoms with E-state index < -0.39 is 0 Å². The number of rotatable bonds is 5. The third kappa shape index (κ3) is 3.14. The molecule has 2 aliphatic rings. The van der Waals surface area contributed by atoms with E-state index in [1.807, 2.05) is 24.3 Å². The number of nitrogens with one attached hydrogen (secondary N) is 1. The zero-order valence-electron chi connectivity index (χ0n) is 14.4. The number of carbonyl (C=O) groups is 1. The Hall–Kier alpha value is -2.33. The summed E-state index contributed by atoms with van der Waals surface area (Å²) < 4.78 is 11.1. The Morgan fingerprint density at radius 3 is 2.68 bits per heavy atom. The molecule has 3 atom stereocenters. The van der Waals surface area contributed by atoms with Crippen molar-refractivity contribution in [1.82, 2.24) is 5.32 Å². The van der Waals surface area contributed by atoms with E-state index >= 15 is 0 Å². The number of fused-ring (bicyclic) bond motifs is 1. The van der Waals surface area contributed by atoms with Crippen molar-refractivity contribution >= 4 is 5.91 Å². The fourth-order valence-electron chi connectivity index (χ4n) is 4.01. The monoisotopic (exact) mass is 337 g/mol. The molecule has 2 aromatic rings. The van der Waals surface area contributed by atoms with Gasteiger partial charge in [0.15, 0.2) is 0 Å². The largest absolute Gasteiger partial charge is 0.496 e. The number of epoxide rings is 1. The van der Waals surface area contributed by atoms with Gasteiger partial charge in [0.05, 0.1) is 24.9 Å². The molecule has 1 aliphatic carbocycles. The van der Waals surface area contributed by atoms with Crippen LogP contribution in [0.3, 0.4) is 0 Å². The molecule has 25 heavy (non-hydrogen) atoms. The number of carbonyl (C=O) groups excluding carboxylic acids is 1. The first kappa shape index (κ1) is 16.2. The second-order valence-corrected chi connectivity index (χ2v) is 6.99. The van der Waals surface area contributed by atoms with Gasteiger partial charge in [0, 0.05) is 12.0 Å². The molecule has 2 aromatic carbocycles. The molecule has 1 heterocycles.